The number of likely N-dealkylation sites (tertiary alicyclic amines) is 1. The number of hydrogen-bond donors (Lipinski definition) is 0. The van der Waals surface area contributed by atoms with Crippen molar-refractivity contribution in [1.29, 1.82) is 0 Å². The number of nitrogens with zero attached hydrogens (tertiary/aromatic N) is 3. The van der Waals surface area contributed by atoms with Crippen LogP contribution in [-0.2, 0) is 26.0 Å². The molecule has 4 rings (SSSR count). The fraction of sp³-hybridized carbons (Fsp3) is 0.417. The molecule has 11 heteroatoms. The summed E-state index contributed by atoms with van der Waals surface area (Å²) in [6.07, 6.45) is -4.08. The summed E-state index contributed by atoms with van der Waals surface area (Å²) in [5.74, 6) is -1.80. The summed E-state index contributed by atoms with van der Waals surface area (Å²) in [7, 11) is 0. The van der Waals surface area contributed by atoms with E-state index in [4.69, 9.17) is 4.42 Å². The molecular weight excluding hydrogens is 467 g/mol. The molecule has 0 aliphatic carbocycles. The lowest BCUT2D eigenvalue weighted by molar-refractivity contribution is -0.143. The number of imide groups is 1. The van der Waals surface area contributed by atoms with E-state index in [9.17, 15) is 32.3 Å². The zero-order valence-corrected chi connectivity index (χ0v) is 19.0. The maximum Gasteiger partial charge on any atom is 0.416 e. The average molecular weight is 491 g/mol. The molecule has 0 bridgehead atoms. The highest BCUT2D eigenvalue weighted by Gasteiger charge is 2.54. The highest BCUT2D eigenvalue weighted by Crippen LogP contribution is 2.42. The predicted octanol–water partition coefficient (Wildman–Crippen LogP) is 2.69. The van der Waals surface area contributed by atoms with Gasteiger partial charge in [-0.2, -0.15) is 13.2 Å². The lowest BCUT2D eigenvalue weighted by atomic mass is 9.75. The summed E-state index contributed by atoms with van der Waals surface area (Å²) >= 11 is 0. The molecule has 1 aromatic carbocycles. The minimum atomic E-state index is -4.64. The SMILES string of the molecule is CCN1C(=O)C[C@@](CC(=O)N2CCN(C(=O)c3ccco3)CC2)(c2cccc(C(F)(F)F)c2)C1=O. The quantitative estimate of drug-likeness (QED) is 0.600. The molecule has 2 aliphatic heterocycles. The Labute approximate surface area is 199 Å². The number of furan rings is 1. The Balaban J connectivity index is 1.56. The number of halogens is 3. The third kappa shape index (κ3) is 4.54. The lowest BCUT2D eigenvalue weighted by Crippen LogP contribution is -2.52. The molecule has 4 amide bonds. The summed E-state index contributed by atoms with van der Waals surface area (Å²) in [5, 5.41) is 0. The molecule has 2 saturated heterocycles. The third-order valence-corrected chi connectivity index (χ3v) is 6.57. The van der Waals surface area contributed by atoms with Crippen LogP contribution < -0.4 is 0 Å². The number of benzene rings is 1. The van der Waals surface area contributed by atoms with Gasteiger partial charge in [-0.15, -0.1) is 0 Å². The van der Waals surface area contributed by atoms with Crippen LogP contribution in [0.2, 0.25) is 0 Å². The fourth-order valence-corrected chi connectivity index (χ4v) is 4.66. The molecule has 0 radical (unpaired) electrons. The van der Waals surface area contributed by atoms with Gasteiger partial charge in [-0.25, -0.2) is 0 Å². The van der Waals surface area contributed by atoms with E-state index in [0.29, 0.717) is 0 Å². The smallest absolute Gasteiger partial charge is 0.416 e. The van der Waals surface area contributed by atoms with E-state index >= 15 is 0 Å². The van der Waals surface area contributed by atoms with Crippen molar-refractivity contribution in [2.45, 2.75) is 31.4 Å². The van der Waals surface area contributed by atoms with Gasteiger partial charge in [0.2, 0.25) is 17.7 Å². The first-order valence-electron chi connectivity index (χ1n) is 11.2. The van der Waals surface area contributed by atoms with Gasteiger partial charge in [-0.3, -0.25) is 24.1 Å². The molecular formula is C24H24F3N3O5. The second kappa shape index (κ2) is 9.20. The molecule has 8 nitrogen and oxygen atoms in total. The van der Waals surface area contributed by atoms with Crippen LogP contribution in [0.25, 0.3) is 0 Å². The van der Waals surface area contributed by atoms with Crippen LogP contribution in [0.3, 0.4) is 0 Å². The van der Waals surface area contributed by atoms with Crippen molar-refractivity contribution in [3.8, 4) is 0 Å². The second-order valence-electron chi connectivity index (χ2n) is 8.61. The van der Waals surface area contributed by atoms with Crippen molar-refractivity contribution >= 4 is 23.6 Å². The van der Waals surface area contributed by atoms with Crippen LogP contribution in [0.15, 0.2) is 47.1 Å². The first-order chi connectivity index (χ1) is 16.6. The zero-order valence-electron chi connectivity index (χ0n) is 19.0. The van der Waals surface area contributed by atoms with Crippen molar-refractivity contribution in [1.82, 2.24) is 14.7 Å². The molecule has 1 aromatic heterocycles. The Kier molecular flexibility index (Phi) is 6.44. The normalized spacial score (nSPS) is 21.1. The molecule has 186 valence electrons. The van der Waals surface area contributed by atoms with Crippen LogP contribution in [0, 0.1) is 0 Å². The minimum absolute atomic E-state index is 0.0124. The molecule has 0 saturated carbocycles. The van der Waals surface area contributed by atoms with Gasteiger partial charge in [0.15, 0.2) is 5.76 Å². The van der Waals surface area contributed by atoms with Crippen LogP contribution >= 0.6 is 0 Å². The Morgan fingerprint density at radius 3 is 2.29 bits per heavy atom. The van der Waals surface area contributed by atoms with Crippen LogP contribution in [0.5, 0.6) is 0 Å². The topological polar surface area (TPSA) is 91.1 Å². The van der Waals surface area contributed by atoms with E-state index < -0.39 is 41.3 Å². The molecule has 0 N–H and O–H groups in total. The summed E-state index contributed by atoms with van der Waals surface area (Å²) in [4.78, 5) is 55.6. The zero-order chi connectivity index (χ0) is 25.4. The molecule has 2 aromatic rings. The van der Waals surface area contributed by atoms with Gasteiger partial charge in [0.25, 0.3) is 5.91 Å². The number of amides is 4. The van der Waals surface area contributed by atoms with Gasteiger partial charge in [-0.05, 0) is 30.7 Å². The molecule has 0 spiro atoms. The van der Waals surface area contributed by atoms with Gasteiger partial charge in [0.1, 0.15) is 0 Å². The van der Waals surface area contributed by atoms with Gasteiger partial charge in [0.05, 0.1) is 17.2 Å². The van der Waals surface area contributed by atoms with Gasteiger partial charge in [0, 0.05) is 45.6 Å². The fourth-order valence-electron chi connectivity index (χ4n) is 4.66. The monoisotopic (exact) mass is 491 g/mol. The molecule has 2 fully saturated rings. The number of hydrogen-bond acceptors (Lipinski definition) is 5. The molecule has 2 aliphatic rings. The van der Waals surface area contributed by atoms with Crippen molar-refractivity contribution in [2.75, 3.05) is 32.7 Å². The number of rotatable bonds is 5. The summed E-state index contributed by atoms with van der Waals surface area (Å²) in [6.45, 7) is 2.48. The molecule has 1 atom stereocenters. The Morgan fingerprint density at radius 1 is 1.03 bits per heavy atom. The van der Waals surface area contributed by atoms with E-state index in [1.165, 1.54) is 28.2 Å². The Morgan fingerprint density at radius 2 is 1.71 bits per heavy atom. The summed E-state index contributed by atoms with van der Waals surface area (Å²) in [6, 6.07) is 7.40. The second-order valence-corrected chi connectivity index (χ2v) is 8.61. The first-order valence-corrected chi connectivity index (χ1v) is 11.2. The van der Waals surface area contributed by atoms with E-state index in [1.54, 1.807) is 19.1 Å². The number of piperazine rings is 1. The summed E-state index contributed by atoms with van der Waals surface area (Å²) in [5.41, 5.74) is -2.68. The number of carbonyl (C=O) groups excluding carboxylic acids is 4. The van der Waals surface area contributed by atoms with E-state index in [0.717, 1.165) is 17.0 Å². The molecule has 3 heterocycles. The highest BCUT2D eigenvalue weighted by molar-refractivity contribution is 6.10. The maximum atomic E-state index is 13.4. The molecule has 35 heavy (non-hydrogen) atoms. The predicted molar refractivity (Wildman–Crippen MR) is 116 cm³/mol. The number of alkyl halides is 3. The minimum Gasteiger partial charge on any atom is -0.459 e. The largest absolute Gasteiger partial charge is 0.459 e. The van der Waals surface area contributed by atoms with E-state index in [2.05, 4.69) is 0 Å². The number of carbonyl (C=O) groups is 4. The lowest BCUT2D eigenvalue weighted by Gasteiger charge is -2.36. The Bertz CT molecular complexity index is 1140. The highest BCUT2D eigenvalue weighted by atomic mass is 19.4. The van der Waals surface area contributed by atoms with Crippen LogP contribution in [0.1, 0.15) is 41.4 Å². The van der Waals surface area contributed by atoms with Crippen LogP contribution in [-0.4, -0.2) is 71.1 Å². The van der Waals surface area contributed by atoms with Gasteiger partial charge < -0.3 is 14.2 Å². The van der Waals surface area contributed by atoms with E-state index in [-0.39, 0.29) is 56.4 Å². The first kappa shape index (κ1) is 24.5. The van der Waals surface area contributed by atoms with Gasteiger partial charge >= 0.3 is 6.18 Å². The third-order valence-electron chi connectivity index (χ3n) is 6.57. The maximum absolute atomic E-state index is 13.4. The van der Waals surface area contributed by atoms with Crippen molar-refractivity contribution in [3.63, 3.8) is 0 Å². The summed E-state index contributed by atoms with van der Waals surface area (Å²) < 4.78 is 45.3. The molecule has 0 unspecified atom stereocenters. The van der Waals surface area contributed by atoms with Crippen LogP contribution in [0.4, 0.5) is 13.2 Å². The average Bonchev–Trinajstić information content (AvgIpc) is 3.45. The standard InChI is InChI=1S/C24H24F3N3O5/c1-2-30-20(32)15-23(22(30)34,16-5-3-6-17(13-16)24(25,26)27)14-19(31)28-8-10-29(11-9-28)21(33)18-7-4-12-35-18/h3-7,12-13H,2,8-11,14-15H2,1H3/t23-/m0/s1. The van der Waals surface area contributed by atoms with Crippen molar-refractivity contribution in [2.24, 2.45) is 0 Å². The van der Waals surface area contributed by atoms with Crippen molar-refractivity contribution < 1.29 is 36.8 Å². The van der Waals surface area contributed by atoms with Crippen molar-refractivity contribution in [3.05, 3.63) is 59.5 Å². The number of likely N-dealkylation sites (N-methyl/N-ethyl adjacent to an activating group) is 1. The Hall–Kier alpha value is -3.63. The van der Waals surface area contributed by atoms with Gasteiger partial charge in [-0.1, -0.05) is 18.2 Å². The van der Waals surface area contributed by atoms with E-state index in [1.807, 2.05) is 0 Å².